The lowest BCUT2D eigenvalue weighted by atomic mass is 9.99. The number of nitrogens with two attached hydrogens (primary N) is 1. The highest BCUT2D eigenvalue weighted by Gasteiger charge is 2.17. The van der Waals surface area contributed by atoms with E-state index in [1.54, 1.807) is 12.1 Å². The molecule has 0 radical (unpaired) electrons. The summed E-state index contributed by atoms with van der Waals surface area (Å²) in [4.78, 5) is 0. The molecule has 18 heavy (non-hydrogen) atoms. The lowest BCUT2D eigenvalue weighted by Crippen LogP contribution is -1.98. The Morgan fingerprint density at radius 2 is 2.17 bits per heavy atom. The van der Waals surface area contributed by atoms with Gasteiger partial charge in [0.25, 0.3) is 0 Å². The predicted octanol–water partition coefficient (Wildman–Crippen LogP) is 4.02. The Kier molecular flexibility index (Phi) is 3.71. The van der Waals surface area contributed by atoms with Crippen LogP contribution >= 0.6 is 15.9 Å². The minimum atomic E-state index is -0.305. The van der Waals surface area contributed by atoms with Crippen molar-refractivity contribution in [3.63, 3.8) is 0 Å². The van der Waals surface area contributed by atoms with Gasteiger partial charge in [-0.3, -0.25) is 0 Å². The Labute approximate surface area is 113 Å². The maximum atomic E-state index is 13.2. The zero-order valence-electron chi connectivity index (χ0n) is 10.2. The fourth-order valence-corrected chi connectivity index (χ4v) is 2.18. The molecule has 96 valence electrons. The first kappa shape index (κ1) is 13.1. The molecule has 2 N–H and O–H groups in total. The Morgan fingerprint density at radius 3 is 2.78 bits per heavy atom. The summed E-state index contributed by atoms with van der Waals surface area (Å²) in [5.74, 6) is 0.467. The average molecular weight is 313 g/mol. The van der Waals surface area contributed by atoms with E-state index in [1.807, 2.05) is 0 Å². The molecule has 1 aromatic heterocycles. The lowest BCUT2D eigenvalue weighted by molar-refractivity contribution is 0.438. The van der Waals surface area contributed by atoms with Crippen LogP contribution in [0.3, 0.4) is 0 Å². The first-order chi connectivity index (χ1) is 8.49. The molecule has 0 amide bonds. The van der Waals surface area contributed by atoms with Gasteiger partial charge in [0.1, 0.15) is 11.5 Å². The fourth-order valence-electron chi connectivity index (χ4n) is 1.80. The van der Waals surface area contributed by atoms with E-state index < -0.39 is 0 Å². The van der Waals surface area contributed by atoms with E-state index >= 15 is 0 Å². The molecule has 2 aromatic rings. The topological polar surface area (TPSA) is 52.0 Å². The molecule has 0 spiro atoms. The quantitative estimate of drug-likeness (QED) is 0.931. The highest BCUT2D eigenvalue weighted by Crippen LogP contribution is 2.31. The van der Waals surface area contributed by atoms with Crippen LogP contribution in [0.25, 0.3) is 11.3 Å². The number of nitrogen functional groups attached to an aromatic ring is 1. The Balaban J connectivity index is 2.47. The van der Waals surface area contributed by atoms with E-state index in [-0.39, 0.29) is 5.82 Å². The molecule has 1 aromatic carbocycles. The maximum Gasteiger partial charge on any atom is 0.225 e. The van der Waals surface area contributed by atoms with Gasteiger partial charge in [-0.25, -0.2) is 4.39 Å². The molecule has 0 atom stereocenters. The number of hydrogen-bond donors (Lipinski definition) is 1. The van der Waals surface area contributed by atoms with Crippen molar-refractivity contribution >= 4 is 21.8 Å². The largest absolute Gasteiger partial charge is 0.367 e. The van der Waals surface area contributed by atoms with E-state index in [1.165, 1.54) is 6.07 Å². The second kappa shape index (κ2) is 5.10. The number of anilines is 1. The normalized spacial score (nSPS) is 11.2. The van der Waals surface area contributed by atoms with E-state index in [9.17, 15) is 4.39 Å². The highest BCUT2D eigenvalue weighted by atomic mass is 79.9. The maximum absolute atomic E-state index is 13.2. The first-order valence-electron chi connectivity index (χ1n) is 5.68. The third-order valence-electron chi connectivity index (χ3n) is 2.62. The summed E-state index contributed by atoms with van der Waals surface area (Å²) in [6.07, 6.45) is 0.777. The second-order valence-corrected chi connectivity index (χ2v) is 5.46. The molecule has 3 nitrogen and oxygen atoms in total. The van der Waals surface area contributed by atoms with Crippen LogP contribution in [-0.2, 0) is 6.42 Å². The van der Waals surface area contributed by atoms with Gasteiger partial charge in [0.2, 0.25) is 5.88 Å². The first-order valence-corrected chi connectivity index (χ1v) is 6.47. The van der Waals surface area contributed by atoms with Crippen LogP contribution < -0.4 is 5.73 Å². The molecule has 1 heterocycles. The number of rotatable bonds is 3. The molecule has 0 fully saturated rings. The van der Waals surface area contributed by atoms with Gasteiger partial charge in [-0.1, -0.05) is 19.0 Å². The molecular formula is C13H14BrFN2O. The number of hydrogen-bond acceptors (Lipinski definition) is 3. The molecule has 0 saturated carbocycles. The molecular weight excluding hydrogens is 299 g/mol. The molecule has 5 heteroatoms. The van der Waals surface area contributed by atoms with Gasteiger partial charge >= 0.3 is 0 Å². The second-order valence-electron chi connectivity index (χ2n) is 4.60. The van der Waals surface area contributed by atoms with Gasteiger partial charge in [-0.2, -0.15) is 0 Å². The number of nitrogens with zero attached hydrogens (tertiary/aromatic N) is 1. The minimum absolute atomic E-state index is 0.305. The number of aromatic nitrogens is 1. The zero-order chi connectivity index (χ0) is 13.3. The molecule has 0 aliphatic rings. The Morgan fingerprint density at radius 1 is 1.44 bits per heavy atom. The smallest absolute Gasteiger partial charge is 0.225 e. The molecule has 0 bridgehead atoms. The molecule has 2 rings (SSSR count). The summed E-state index contributed by atoms with van der Waals surface area (Å²) < 4.78 is 18.7. The molecule has 0 aliphatic heterocycles. The van der Waals surface area contributed by atoms with Crippen LogP contribution in [0, 0.1) is 11.7 Å². The SMILES string of the molecule is CC(C)Cc1c(-c2ccc(F)c(Br)c2)noc1N. The van der Waals surface area contributed by atoms with Crippen molar-refractivity contribution in [1.82, 2.24) is 5.16 Å². The van der Waals surface area contributed by atoms with Gasteiger partial charge in [0.15, 0.2) is 0 Å². The van der Waals surface area contributed by atoms with E-state index in [0.29, 0.717) is 22.0 Å². The summed E-state index contributed by atoms with van der Waals surface area (Å²) in [7, 11) is 0. The number of benzene rings is 1. The van der Waals surface area contributed by atoms with Crippen LogP contribution in [0.5, 0.6) is 0 Å². The van der Waals surface area contributed by atoms with Crippen molar-refractivity contribution in [2.24, 2.45) is 5.92 Å². The molecule has 0 aliphatic carbocycles. The van der Waals surface area contributed by atoms with Crippen molar-refractivity contribution in [3.8, 4) is 11.3 Å². The van der Waals surface area contributed by atoms with Crippen molar-refractivity contribution in [3.05, 3.63) is 34.1 Å². The Bertz CT molecular complexity index is 566. The highest BCUT2D eigenvalue weighted by molar-refractivity contribution is 9.10. The van der Waals surface area contributed by atoms with Crippen molar-refractivity contribution in [2.45, 2.75) is 20.3 Å². The van der Waals surface area contributed by atoms with E-state index in [4.69, 9.17) is 10.3 Å². The van der Waals surface area contributed by atoms with Crippen LogP contribution in [-0.4, -0.2) is 5.16 Å². The predicted molar refractivity (Wildman–Crippen MR) is 72.6 cm³/mol. The summed E-state index contributed by atoms with van der Waals surface area (Å²) in [5, 5.41) is 3.97. The minimum Gasteiger partial charge on any atom is -0.367 e. The molecule has 0 unspecified atom stereocenters. The van der Waals surface area contributed by atoms with Crippen molar-refractivity contribution in [2.75, 3.05) is 5.73 Å². The standard InChI is InChI=1S/C13H14BrFN2O/c1-7(2)5-9-12(17-18-13(9)16)8-3-4-11(15)10(14)6-8/h3-4,6-7H,5,16H2,1-2H3. The van der Waals surface area contributed by atoms with Gasteiger partial charge in [0, 0.05) is 11.1 Å². The van der Waals surface area contributed by atoms with Crippen LogP contribution in [0.15, 0.2) is 27.2 Å². The third kappa shape index (κ3) is 2.56. The van der Waals surface area contributed by atoms with Crippen LogP contribution in [0.2, 0.25) is 0 Å². The van der Waals surface area contributed by atoms with Crippen LogP contribution in [0.4, 0.5) is 10.3 Å². The van der Waals surface area contributed by atoms with E-state index in [2.05, 4.69) is 34.9 Å². The zero-order valence-corrected chi connectivity index (χ0v) is 11.8. The monoisotopic (exact) mass is 312 g/mol. The fraction of sp³-hybridized carbons (Fsp3) is 0.308. The van der Waals surface area contributed by atoms with Crippen molar-refractivity contribution in [1.29, 1.82) is 0 Å². The third-order valence-corrected chi connectivity index (χ3v) is 3.23. The lowest BCUT2D eigenvalue weighted by Gasteiger charge is -2.05. The average Bonchev–Trinajstić information content (AvgIpc) is 2.64. The Hall–Kier alpha value is -1.36. The van der Waals surface area contributed by atoms with Gasteiger partial charge < -0.3 is 10.3 Å². The summed E-state index contributed by atoms with van der Waals surface area (Å²) in [5.41, 5.74) is 8.13. The van der Waals surface area contributed by atoms with Gasteiger partial charge in [-0.15, -0.1) is 0 Å². The summed E-state index contributed by atoms with van der Waals surface area (Å²) in [6.45, 7) is 4.19. The van der Waals surface area contributed by atoms with Crippen molar-refractivity contribution < 1.29 is 8.91 Å². The number of halogens is 2. The molecule has 0 saturated heterocycles. The van der Waals surface area contributed by atoms with E-state index in [0.717, 1.165) is 17.5 Å². The summed E-state index contributed by atoms with van der Waals surface area (Å²) >= 11 is 3.16. The van der Waals surface area contributed by atoms with Gasteiger partial charge in [0.05, 0.1) is 4.47 Å². The van der Waals surface area contributed by atoms with Gasteiger partial charge in [-0.05, 0) is 46.5 Å². The summed E-state index contributed by atoms with van der Waals surface area (Å²) in [6, 6.07) is 4.74. The van der Waals surface area contributed by atoms with Crippen LogP contribution in [0.1, 0.15) is 19.4 Å².